The van der Waals surface area contributed by atoms with Gasteiger partial charge in [0.2, 0.25) is 0 Å². The summed E-state index contributed by atoms with van der Waals surface area (Å²) >= 11 is 0. The standard InChI is InChI=1S/C30H45NO6/c1-3-4-5-10-23(32)12-13-24-25-16-21-9-8-11-27(36-20-30(34)35-2)26(21)17-22(25)18-28(24)37-29(33)19-31-14-6-7-15-31/h8-9,11,22-25,28,32H,3-7,10,12-20H2,1-2H3/t22-,23-,24+,25-,28+/m0/s1. The Hall–Kier alpha value is -2.12. The van der Waals surface area contributed by atoms with Gasteiger partial charge in [0.1, 0.15) is 11.9 Å². The maximum atomic E-state index is 12.9. The quantitative estimate of drug-likeness (QED) is 0.309. The average Bonchev–Trinajstić information content (AvgIpc) is 3.51. The number of rotatable bonds is 13. The van der Waals surface area contributed by atoms with Crippen molar-refractivity contribution in [2.45, 2.75) is 89.8 Å². The molecule has 206 valence electrons. The molecule has 7 nitrogen and oxygen atoms in total. The highest BCUT2D eigenvalue weighted by molar-refractivity contribution is 5.72. The number of methoxy groups -OCH3 is 1. The molecule has 1 saturated carbocycles. The topological polar surface area (TPSA) is 85.3 Å². The summed E-state index contributed by atoms with van der Waals surface area (Å²) < 4.78 is 16.7. The number of carbonyl (C=O) groups is 2. The first-order chi connectivity index (χ1) is 18.0. The van der Waals surface area contributed by atoms with Crippen molar-refractivity contribution in [1.29, 1.82) is 0 Å². The number of likely N-dealkylation sites (tertiary alicyclic amines) is 1. The lowest BCUT2D eigenvalue weighted by atomic mass is 9.73. The number of unbranched alkanes of at least 4 members (excludes halogenated alkanes) is 2. The van der Waals surface area contributed by atoms with E-state index in [9.17, 15) is 14.7 Å². The number of hydrogen-bond donors (Lipinski definition) is 1. The van der Waals surface area contributed by atoms with E-state index in [1.54, 1.807) is 0 Å². The number of fused-ring (bicyclic) bond motifs is 2. The zero-order valence-electron chi connectivity index (χ0n) is 22.7. The number of aliphatic hydroxyl groups excluding tert-OH is 1. The van der Waals surface area contributed by atoms with E-state index in [-0.39, 0.29) is 30.7 Å². The minimum absolute atomic E-state index is 0.101. The van der Waals surface area contributed by atoms with E-state index < -0.39 is 5.97 Å². The molecule has 0 bridgehead atoms. The maximum absolute atomic E-state index is 12.9. The molecular formula is C30H45NO6. The van der Waals surface area contributed by atoms with E-state index in [1.165, 1.54) is 12.7 Å². The molecule has 0 amide bonds. The molecule has 0 spiro atoms. The zero-order valence-corrected chi connectivity index (χ0v) is 22.7. The van der Waals surface area contributed by atoms with E-state index in [2.05, 4.69) is 17.9 Å². The van der Waals surface area contributed by atoms with Crippen LogP contribution < -0.4 is 4.74 Å². The van der Waals surface area contributed by atoms with Crippen LogP contribution in [0.1, 0.15) is 75.8 Å². The van der Waals surface area contributed by atoms with Crippen molar-refractivity contribution in [2.75, 3.05) is 33.4 Å². The summed E-state index contributed by atoms with van der Waals surface area (Å²) in [5.41, 5.74) is 2.41. The van der Waals surface area contributed by atoms with Gasteiger partial charge in [0.05, 0.1) is 19.8 Å². The van der Waals surface area contributed by atoms with E-state index in [1.807, 2.05) is 12.1 Å². The molecule has 7 heteroatoms. The third-order valence-electron chi connectivity index (χ3n) is 8.70. The van der Waals surface area contributed by atoms with Crippen molar-refractivity contribution in [3.05, 3.63) is 29.3 Å². The summed E-state index contributed by atoms with van der Waals surface area (Å²) in [5, 5.41) is 10.6. The summed E-state index contributed by atoms with van der Waals surface area (Å²) in [5.74, 6) is 1.30. The lowest BCUT2D eigenvalue weighted by Crippen LogP contribution is -2.33. The summed E-state index contributed by atoms with van der Waals surface area (Å²) in [6.45, 7) is 4.41. The molecular weight excluding hydrogens is 470 g/mol. The van der Waals surface area contributed by atoms with E-state index in [0.29, 0.717) is 18.4 Å². The van der Waals surface area contributed by atoms with Gasteiger partial charge in [0.15, 0.2) is 6.61 Å². The van der Waals surface area contributed by atoms with Crippen LogP contribution in [0.2, 0.25) is 0 Å². The third-order valence-corrected chi connectivity index (χ3v) is 8.70. The van der Waals surface area contributed by atoms with Crippen LogP contribution in [0.5, 0.6) is 5.75 Å². The predicted octanol–water partition coefficient (Wildman–Crippen LogP) is 4.32. The molecule has 0 unspecified atom stereocenters. The van der Waals surface area contributed by atoms with Gasteiger partial charge < -0.3 is 19.3 Å². The van der Waals surface area contributed by atoms with Gasteiger partial charge in [0.25, 0.3) is 0 Å². The van der Waals surface area contributed by atoms with E-state index >= 15 is 0 Å². The van der Waals surface area contributed by atoms with Crippen LogP contribution in [0, 0.1) is 17.8 Å². The minimum Gasteiger partial charge on any atom is -0.482 e. The second kappa shape index (κ2) is 13.6. The van der Waals surface area contributed by atoms with Gasteiger partial charge in [-0.1, -0.05) is 38.3 Å². The Kier molecular flexibility index (Phi) is 10.3. The Morgan fingerprint density at radius 2 is 1.92 bits per heavy atom. The normalized spacial score (nSPS) is 25.8. The average molecular weight is 516 g/mol. The molecule has 4 rings (SSSR count). The second-order valence-corrected chi connectivity index (χ2v) is 11.2. The van der Waals surface area contributed by atoms with Gasteiger partial charge in [-0.25, -0.2) is 4.79 Å². The molecule has 1 aromatic rings. The third kappa shape index (κ3) is 7.47. The fourth-order valence-electron chi connectivity index (χ4n) is 6.73. The highest BCUT2D eigenvalue weighted by Crippen LogP contribution is 2.49. The summed E-state index contributed by atoms with van der Waals surface area (Å²) in [6.07, 6.45) is 10.4. The number of nitrogens with zero attached hydrogens (tertiary/aromatic N) is 1. The van der Waals surface area contributed by atoms with Crippen LogP contribution in [-0.2, 0) is 31.9 Å². The molecule has 0 radical (unpaired) electrons. The van der Waals surface area contributed by atoms with Crippen LogP contribution in [0.15, 0.2) is 18.2 Å². The minimum atomic E-state index is -0.394. The number of esters is 2. The smallest absolute Gasteiger partial charge is 0.343 e. The van der Waals surface area contributed by atoms with Crippen molar-refractivity contribution in [3.63, 3.8) is 0 Å². The molecule has 1 aromatic carbocycles. The lowest BCUT2D eigenvalue weighted by Gasteiger charge is -2.33. The highest BCUT2D eigenvalue weighted by atomic mass is 16.6. The molecule has 2 aliphatic carbocycles. The number of carbonyl (C=O) groups excluding carboxylic acids is 2. The van der Waals surface area contributed by atoms with Gasteiger partial charge >= 0.3 is 11.9 Å². The van der Waals surface area contributed by atoms with Crippen molar-refractivity contribution in [2.24, 2.45) is 17.8 Å². The van der Waals surface area contributed by atoms with Gasteiger partial charge in [-0.3, -0.25) is 9.69 Å². The van der Waals surface area contributed by atoms with Gasteiger partial charge in [-0.15, -0.1) is 0 Å². The van der Waals surface area contributed by atoms with Gasteiger partial charge in [-0.05, 0) is 99.4 Å². The summed E-state index contributed by atoms with van der Waals surface area (Å²) in [6, 6.07) is 6.06. The molecule has 5 atom stereocenters. The Morgan fingerprint density at radius 3 is 2.68 bits per heavy atom. The molecule has 1 saturated heterocycles. The second-order valence-electron chi connectivity index (χ2n) is 11.2. The largest absolute Gasteiger partial charge is 0.482 e. The highest BCUT2D eigenvalue weighted by Gasteiger charge is 2.47. The van der Waals surface area contributed by atoms with E-state index in [4.69, 9.17) is 14.2 Å². The predicted molar refractivity (Wildman–Crippen MR) is 141 cm³/mol. The van der Waals surface area contributed by atoms with Gasteiger partial charge in [0, 0.05) is 0 Å². The monoisotopic (exact) mass is 515 g/mol. The molecule has 3 aliphatic rings. The van der Waals surface area contributed by atoms with Crippen molar-refractivity contribution >= 4 is 11.9 Å². The fraction of sp³-hybridized carbons (Fsp3) is 0.733. The van der Waals surface area contributed by atoms with Gasteiger partial charge in [-0.2, -0.15) is 0 Å². The van der Waals surface area contributed by atoms with Crippen molar-refractivity contribution < 1.29 is 28.9 Å². The zero-order chi connectivity index (χ0) is 26.2. The molecule has 2 fully saturated rings. The van der Waals surface area contributed by atoms with E-state index in [0.717, 1.165) is 95.0 Å². The molecule has 1 heterocycles. The first kappa shape index (κ1) is 27.9. The number of hydrogen-bond acceptors (Lipinski definition) is 7. The lowest BCUT2D eigenvalue weighted by molar-refractivity contribution is -0.152. The molecule has 37 heavy (non-hydrogen) atoms. The van der Waals surface area contributed by atoms with Crippen LogP contribution in [0.4, 0.5) is 0 Å². The Labute approximate surface area is 221 Å². The van der Waals surface area contributed by atoms with Crippen molar-refractivity contribution in [3.8, 4) is 5.75 Å². The molecule has 1 N–H and O–H groups in total. The first-order valence-electron chi connectivity index (χ1n) is 14.4. The summed E-state index contributed by atoms with van der Waals surface area (Å²) in [4.78, 5) is 26.7. The first-order valence-corrected chi connectivity index (χ1v) is 14.4. The van der Waals surface area contributed by atoms with Crippen molar-refractivity contribution in [1.82, 2.24) is 4.90 Å². The molecule has 0 aromatic heterocycles. The summed E-state index contributed by atoms with van der Waals surface area (Å²) in [7, 11) is 1.36. The number of ether oxygens (including phenoxy) is 3. The van der Waals surface area contributed by atoms with Crippen LogP contribution >= 0.6 is 0 Å². The Balaban J connectivity index is 1.45. The Bertz CT molecular complexity index is 898. The Morgan fingerprint density at radius 1 is 1.11 bits per heavy atom. The SMILES string of the molecule is CCCCC[C@H](O)CC[C@@H]1[C@H]2Cc3cccc(OCC(=O)OC)c3C[C@H]2C[C@H]1OC(=O)CN1CCCC1. The molecule has 1 aliphatic heterocycles. The van der Waals surface area contributed by atoms with Crippen LogP contribution in [0.3, 0.4) is 0 Å². The van der Waals surface area contributed by atoms with Crippen LogP contribution in [0.25, 0.3) is 0 Å². The number of benzene rings is 1. The maximum Gasteiger partial charge on any atom is 0.343 e. The number of aliphatic hydroxyl groups is 1. The fourth-order valence-corrected chi connectivity index (χ4v) is 6.73. The van der Waals surface area contributed by atoms with Crippen LogP contribution in [-0.4, -0.2) is 67.5 Å².